The van der Waals surface area contributed by atoms with E-state index in [4.69, 9.17) is 4.74 Å². The maximum atomic E-state index is 13.1. The van der Waals surface area contributed by atoms with Crippen LogP contribution in [0.5, 0.6) is 0 Å². The Balaban J connectivity index is 1.20. The molecule has 1 aliphatic heterocycles. The molecule has 1 aliphatic rings. The van der Waals surface area contributed by atoms with E-state index in [-0.39, 0.29) is 12.0 Å². The van der Waals surface area contributed by atoms with Gasteiger partial charge in [0, 0.05) is 24.0 Å². The summed E-state index contributed by atoms with van der Waals surface area (Å²) in [5.41, 5.74) is 2.98. The Morgan fingerprint density at radius 2 is 1.70 bits per heavy atom. The number of amides is 1. The average molecular weight is 399 g/mol. The number of carbonyl (C=O) groups excluding carboxylic acids is 1. The molecule has 2 heterocycles. The number of nitrogens with zero attached hydrogens (tertiary/aromatic N) is 1. The van der Waals surface area contributed by atoms with Gasteiger partial charge >= 0.3 is 0 Å². The molecule has 0 aliphatic carbocycles. The number of hydrogen-bond donors (Lipinski definition) is 1. The van der Waals surface area contributed by atoms with Crippen molar-refractivity contribution in [1.29, 1.82) is 0 Å². The lowest BCUT2D eigenvalue weighted by Crippen LogP contribution is -2.41. The van der Waals surface area contributed by atoms with Gasteiger partial charge in [-0.2, -0.15) is 0 Å². The Morgan fingerprint density at radius 3 is 2.53 bits per heavy atom. The minimum Gasteiger partial charge on any atom is -0.378 e. The number of likely N-dealkylation sites (tertiary alicyclic amines) is 1. The predicted molar refractivity (Wildman–Crippen MR) is 121 cm³/mol. The van der Waals surface area contributed by atoms with Crippen LogP contribution in [0.1, 0.15) is 28.9 Å². The van der Waals surface area contributed by atoms with Gasteiger partial charge in [-0.15, -0.1) is 0 Å². The van der Waals surface area contributed by atoms with Crippen LogP contribution in [0.3, 0.4) is 0 Å². The summed E-state index contributed by atoms with van der Waals surface area (Å²) < 4.78 is 6.07. The fourth-order valence-electron chi connectivity index (χ4n) is 4.38. The number of carbonyl (C=O) groups is 1. The van der Waals surface area contributed by atoms with Crippen LogP contribution in [-0.4, -0.2) is 41.6 Å². The second kappa shape index (κ2) is 8.33. The van der Waals surface area contributed by atoms with Gasteiger partial charge in [0.05, 0.1) is 12.7 Å². The molecule has 0 atom stereocenters. The fourth-order valence-corrected chi connectivity index (χ4v) is 4.38. The van der Waals surface area contributed by atoms with Crippen LogP contribution in [0.25, 0.3) is 21.7 Å². The van der Waals surface area contributed by atoms with Gasteiger partial charge in [0.2, 0.25) is 0 Å². The van der Waals surface area contributed by atoms with Gasteiger partial charge in [-0.3, -0.25) is 4.79 Å². The average Bonchev–Trinajstić information content (AvgIpc) is 3.25. The lowest BCUT2D eigenvalue weighted by Gasteiger charge is -2.31. The van der Waals surface area contributed by atoms with E-state index in [9.17, 15) is 4.79 Å². The largest absolute Gasteiger partial charge is 0.378 e. The predicted octanol–water partition coefficient (Wildman–Crippen LogP) is 5.19. The fraction of sp³-hybridized carbons (Fsp3) is 0.269. The van der Waals surface area contributed by atoms with Crippen LogP contribution in [0.4, 0.5) is 0 Å². The van der Waals surface area contributed by atoms with Crippen molar-refractivity contribution in [1.82, 2.24) is 9.88 Å². The SMILES string of the molecule is O=C(c1cc2c(ccc3ccccc32)[nH]1)N1CCC(OCCc2ccccc2)CC1. The van der Waals surface area contributed by atoms with E-state index in [2.05, 4.69) is 53.5 Å². The molecule has 5 rings (SSSR count). The smallest absolute Gasteiger partial charge is 0.270 e. The van der Waals surface area contributed by atoms with Crippen LogP contribution in [0.2, 0.25) is 0 Å². The van der Waals surface area contributed by atoms with Gasteiger partial charge in [0.25, 0.3) is 5.91 Å². The van der Waals surface area contributed by atoms with Gasteiger partial charge < -0.3 is 14.6 Å². The molecule has 4 nitrogen and oxygen atoms in total. The number of piperidine rings is 1. The van der Waals surface area contributed by atoms with Crippen LogP contribution in [-0.2, 0) is 11.2 Å². The highest BCUT2D eigenvalue weighted by atomic mass is 16.5. The first kappa shape index (κ1) is 18.9. The van der Waals surface area contributed by atoms with Gasteiger partial charge in [0.1, 0.15) is 5.69 Å². The summed E-state index contributed by atoms with van der Waals surface area (Å²) in [4.78, 5) is 18.3. The number of hydrogen-bond acceptors (Lipinski definition) is 2. The zero-order chi connectivity index (χ0) is 20.3. The quantitative estimate of drug-likeness (QED) is 0.503. The molecule has 4 heteroatoms. The maximum absolute atomic E-state index is 13.1. The maximum Gasteiger partial charge on any atom is 0.270 e. The molecule has 0 saturated carbocycles. The number of aromatic amines is 1. The first-order valence-electron chi connectivity index (χ1n) is 10.7. The van der Waals surface area contributed by atoms with E-state index in [0.29, 0.717) is 5.69 Å². The van der Waals surface area contributed by atoms with E-state index < -0.39 is 0 Å². The van der Waals surface area contributed by atoms with Crippen LogP contribution in [0, 0.1) is 0 Å². The molecule has 152 valence electrons. The monoisotopic (exact) mass is 398 g/mol. The van der Waals surface area contributed by atoms with Gasteiger partial charge in [-0.25, -0.2) is 0 Å². The highest BCUT2D eigenvalue weighted by molar-refractivity contribution is 6.09. The number of benzene rings is 3. The molecule has 0 unspecified atom stereocenters. The molecule has 30 heavy (non-hydrogen) atoms. The lowest BCUT2D eigenvalue weighted by atomic mass is 10.1. The summed E-state index contributed by atoms with van der Waals surface area (Å²) in [6, 6.07) is 24.9. The molecule has 1 amide bonds. The summed E-state index contributed by atoms with van der Waals surface area (Å²) in [6.07, 6.45) is 2.96. The van der Waals surface area contributed by atoms with Gasteiger partial charge in [-0.1, -0.05) is 60.7 Å². The molecular formula is C26H26N2O2. The third kappa shape index (κ3) is 3.83. The van der Waals surface area contributed by atoms with E-state index in [1.165, 1.54) is 16.3 Å². The van der Waals surface area contributed by atoms with Crippen molar-refractivity contribution in [3.63, 3.8) is 0 Å². The third-order valence-corrected chi connectivity index (χ3v) is 6.08. The zero-order valence-corrected chi connectivity index (χ0v) is 17.0. The van der Waals surface area contributed by atoms with Crippen LogP contribution >= 0.6 is 0 Å². The molecule has 4 aromatic rings. The molecule has 1 saturated heterocycles. The van der Waals surface area contributed by atoms with Crippen molar-refractivity contribution in [2.24, 2.45) is 0 Å². The third-order valence-electron chi connectivity index (χ3n) is 6.08. The van der Waals surface area contributed by atoms with Crippen molar-refractivity contribution in [3.05, 3.63) is 84.1 Å². The van der Waals surface area contributed by atoms with Crippen molar-refractivity contribution < 1.29 is 9.53 Å². The summed E-state index contributed by atoms with van der Waals surface area (Å²) in [7, 11) is 0. The molecule has 3 aromatic carbocycles. The molecule has 0 spiro atoms. The van der Waals surface area contributed by atoms with E-state index in [1.54, 1.807) is 0 Å². The zero-order valence-electron chi connectivity index (χ0n) is 17.0. The number of aromatic nitrogens is 1. The summed E-state index contributed by atoms with van der Waals surface area (Å²) in [5.74, 6) is 0.0815. The number of rotatable bonds is 5. The van der Waals surface area contributed by atoms with Crippen molar-refractivity contribution in [3.8, 4) is 0 Å². The molecule has 1 aromatic heterocycles. The highest BCUT2D eigenvalue weighted by Gasteiger charge is 2.25. The Morgan fingerprint density at radius 1 is 0.933 bits per heavy atom. The van der Waals surface area contributed by atoms with E-state index >= 15 is 0 Å². The summed E-state index contributed by atoms with van der Waals surface area (Å²) in [6.45, 7) is 2.22. The van der Waals surface area contributed by atoms with Gasteiger partial charge in [-0.05, 0) is 47.7 Å². The van der Waals surface area contributed by atoms with E-state index in [1.807, 2.05) is 29.2 Å². The molecule has 1 N–H and O–H groups in total. The number of ether oxygens (including phenoxy) is 1. The van der Waals surface area contributed by atoms with Crippen molar-refractivity contribution in [2.75, 3.05) is 19.7 Å². The minimum atomic E-state index is 0.0815. The van der Waals surface area contributed by atoms with E-state index in [0.717, 1.165) is 49.9 Å². The summed E-state index contributed by atoms with van der Waals surface area (Å²) >= 11 is 0. The van der Waals surface area contributed by atoms with Crippen molar-refractivity contribution in [2.45, 2.75) is 25.4 Å². The molecule has 1 fully saturated rings. The number of H-pyrrole nitrogens is 1. The molecular weight excluding hydrogens is 372 g/mol. The van der Waals surface area contributed by atoms with Gasteiger partial charge in [0.15, 0.2) is 0 Å². The Hall–Kier alpha value is -3.11. The second-order valence-electron chi connectivity index (χ2n) is 8.03. The Kier molecular flexibility index (Phi) is 5.24. The highest BCUT2D eigenvalue weighted by Crippen LogP contribution is 2.27. The number of nitrogens with one attached hydrogen (secondary N) is 1. The topological polar surface area (TPSA) is 45.3 Å². The normalized spacial score (nSPS) is 15.1. The first-order chi connectivity index (χ1) is 14.8. The minimum absolute atomic E-state index is 0.0815. The van der Waals surface area contributed by atoms with Crippen LogP contribution in [0.15, 0.2) is 72.8 Å². The number of fused-ring (bicyclic) bond motifs is 3. The Bertz CT molecular complexity index is 1160. The first-order valence-corrected chi connectivity index (χ1v) is 10.7. The standard InChI is InChI=1S/C26H26N2O2/c29-26(25-18-23-22-9-5-4-8-20(22)10-11-24(23)27-25)28-15-12-21(13-16-28)30-17-14-19-6-2-1-3-7-19/h1-11,18,21,27H,12-17H2. The Labute approximate surface area is 176 Å². The van der Waals surface area contributed by atoms with Crippen LogP contribution < -0.4 is 0 Å². The summed E-state index contributed by atoms with van der Waals surface area (Å²) in [5, 5.41) is 3.47. The molecule has 0 bridgehead atoms. The lowest BCUT2D eigenvalue weighted by molar-refractivity contribution is 0.00991. The molecule has 0 radical (unpaired) electrons. The second-order valence-corrected chi connectivity index (χ2v) is 8.03. The van der Waals surface area contributed by atoms with Crippen molar-refractivity contribution >= 4 is 27.6 Å².